The van der Waals surface area contributed by atoms with E-state index < -0.39 is 8.07 Å². The Morgan fingerprint density at radius 3 is 0.918 bits per heavy atom. The normalized spacial score (nSPS) is 16.2. The lowest BCUT2D eigenvalue weighted by Gasteiger charge is -2.52. The predicted molar refractivity (Wildman–Crippen MR) is 225 cm³/mol. The first-order chi connectivity index (χ1) is 22.6. The highest BCUT2D eigenvalue weighted by Crippen LogP contribution is 2.55. The maximum Gasteiger partial charge on any atom is 0.170 e. The highest BCUT2D eigenvalue weighted by Gasteiger charge is 2.60. The second-order valence-corrected chi connectivity index (χ2v) is 19.9. The Bertz CT molecular complexity index is 1640. The molecule has 1 aliphatic rings. The van der Waals surface area contributed by atoms with Crippen LogP contribution >= 0.6 is 0 Å². The summed E-state index contributed by atoms with van der Waals surface area (Å²) in [5, 5.41) is 4.16. The van der Waals surface area contributed by atoms with Crippen LogP contribution in [0, 0.1) is 20.8 Å². The van der Waals surface area contributed by atoms with Crippen LogP contribution in [0.1, 0.15) is 44.4 Å². The van der Waals surface area contributed by atoms with Crippen molar-refractivity contribution in [3.8, 4) is 0 Å². The fourth-order valence-electron chi connectivity index (χ4n) is 8.42. The van der Waals surface area contributed by atoms with E-state index >= 15 is 0 Å². The third-order valence-corrected chi connectivity index (χ3v) is 17.5. The molecular weight excluding hydrogens is 617 g/mol. The Labute approximate surface area is 300 Å². The van der Waals surface area contributed by atoms with Gasteiger partial charge in [0.05, 0.1) is 0 Å². The summed E-state index contributed by atoms with van der Waals surface area (Å²) in [7, 11) is 23.1. The molecule has 4 rings (SSSR count). The van der Waals surface area contributed by atoms with Gasteiger partial charge < -0.3 is 29.4 Å². The van der Waals surface area contributed by atoms with Crippen LogP contribution < -0.4 is 45.0 Å². The van der Waals surface area contributed by atoms with Crippen LogP contribution in [-0.4, -0.2) is 92.6 Å². The minimum Gasteiger partial charge on any atom is -0.378 e. The van der Waals surface area contributed by atoms with E-state index in [0.29, 0.717) is 0 Å². The van der Waals surface area contributed by atoms with Crippen molar-refractivity contribution < 1.29 is 0 Å². The van der Waals surface area contributed by atoms with Crippen molar-refractivity contribution in [2.75, 3.05) is 114 Å². The number of anilines is 6. The SMILES string of the molecule is CC1=CC(C)([Si](c2c(C)cc(N(C)C)cc2N(C)C)(c2c(C)cc(N(C)C)cc2N(C)C)c2c(C)cc(N(C)C)cc2N(C)C)C(C)=C1C. The molecule has 1 atom stereocenters. The lowest BCUT2D eigenvalue weighted by Crippen LogP contribution is -2.76. The lowest BCUT2D eigenvalue weighted by molar-refractivity contribution is 0.867. The first-order valence-corrected chi connectivity index (χ1v) is 19.5. The van der Waals surface area contributed by atoms with E-state index in [0.717, 1.165) is 0 Å². The van der Waals surface area contributed by atoms with Gasteiger partial charge in [-0.2, -0.15) is 0 Å². The van der Waals surface area contributed by atoms with Crippen LogP contribution in [0.25, 0.3) is 0 Å². The molecule has 0 saturated carbocycles. The van der Waals surface area contributed by atoms with Gasteiger partial charge in [0.15, 0.2) is 8.07 Å². The molecule has 3 aromatic rings. The zero-order valence-corrected chi connectivity index (χ0v) is 35.2. The first-order valence-electron chi connectivity index (χ1n) is 17.5. The molecule has 0 bridgehead atoms. The van der Waals surface area contributed by atoms with Gasteiger partial charge in [0.2, 0.25) is 0 Å². The third-order valence-electron chi connectivity index (χ3n) is 11.2. The lowest BCUT2D eigenvalue weighted by atomic mass is 10.0. The van der Waals surface area contributed by atoms with Crippen LogP contribution in [0.4, 0.5) is 34.1 Å². The standard InChI is InChI=1S/C42H64N6Si/c1-27-20-33(43(8)9)23-36(46(14)15)39(27)49(42(7)26-30(4)31(5)32(42)6,40-28(2)21-34(44(10)11)24-37(40)47(16)17)41-29(3)22-35(45(12)13)25-38(41)48(18)19/h20-26H,1-19H3. The Morgan fingerprint density at radius 1 is 0.429 bits per heavy atom. The van der Waals surface area contributed by atoms with Gasteiger partial charge in [-0.05, 0) is 116 Å². The number of aryl methyl sites for hydroxylation is 3. The molecule has 0 N–H and O–H groups in total. The topological polar surface area (TPSA) is 19.4 Å². The fourth-order valence-corrected chi connectivity index (χ4v) is 15.9. The van der Waals surface area contributed by atoms with Crippen LogP contribution in [-0.2, 0) is 0 Å². The average Bonchev–Trinajstić information content (AvgIpc) is 3.20. The molecule has 0 spiro atoms. The number of hydrogen-bond acceptors (Lipinski definition) is 6. The molecule has 1 aliphatic carbocycles. The van der Waals surface area contributed by atoms with Crippen molar-refractivity contribution in [3.63, 3.8) is 0 Å². The van der Waals surface area contributed by atoms with Crippen molar-refractivity contribution in [2.45, 2.75) is 53.5 Å². The Hall–Kier alpha value is -3.84. The zero-order chi connectivity index (χ0) is 37.1. The summed E-state index contributed by atoms with van der Waals surface area (Å²) in [6.07, 6.45) is 2.65. The molecule has 49 heavy (non-hydrogen) atoms. The molecule has 0 aliphatic heterocycles. The van der Waals surface area contributed by atoms with E-state index in [2.05, 4.69) is 205 Å². The monoisotopic (exact) mass is 680 g/mol. The molecule has 0 fully saturated rings. The summed E-state index contributed by atoms with van der Waals surface area (Å²) >= 11 is 0. The summed E-state index contributed by atoms with van der Waals surface area (Å²) in [4.78, 5) is 13.8. The molecular formula is C42H64N6Si. The van der Waals surface area contributed by atoms with E-state index in [-0.39, 0.29) is 5.04 Å². The molecule has 3 aromatic carbocycles. The zero-order valence-electron chi connectivity index (χ0n) is 34.2. The summed E-state index contributed by atoms with van der Waals surface area (Å²) in [6, 6.07) is 14.6. The van der Waals surface area contributed by atoms with Gasteiger partial charge in [-0.25, -0.2) is 0 Å². The van der Waals surface area contributed by atoms with Crippen molar-refractivity contribution in [2.24, 2.45) is 0 Å². The van der Waals surface area contributed by atoms with E-state index in [1.807, 2.05) is 0 Å². The van der Waals surface area contributed by atoms with Crippen LogP contribution in [0.15, 0.2) is 59.2 Å². The van der Waals surface area contributed by atoms with Gasteiger partial charge in [-0.1, -0.05) is 24.1 Å². The predicted octanol–water partition coefficient (Wildman–Crippen LogP) is 6.53. The van der Waals surface area contributed by atoms with Gasteiger partial charge in [0.25, 0.3) is 0 Å². The quantitative estimate of drug-likeness (QED) is 0.178. The number of allylic oxidation sites excluding steroid dienone is 4. The largest absolute Gasteiger partial charge is 0.378 e. The summed E-state index contributed by atoms with van der Waals surface area (Å²) in [5.41, 5.74) is 15.8. The number of hydrogen-bond donors (Lipinski definition) is 0. The highest BCUT2D eigenvalue weighted by atomic mass is 28.3. The Morgan fingerprint density at radius 2 is 0.714 bits per heavy atom. The van der Waals surface area contributed by atoms with Gasteiger partial charge >= 0.3 is 0 Å². The van der Waals surface area contributed by atoms with Crippen molar-refractivity contribution in [1.82, 2.24) is 0 Å². The fraction of sp³-hybridized carbons (Fsp3) is 0.476. The number of benzene rings is 3. The summed E-state index contributed by atoms with van der Waals surface area (Å²) < 4.78 is 0. The van der Waals surface area contributed by atoms with Crippen LogP contribution in [0.5, 0.6) is 0 Å². The van der Waals surface area contributed by atoms with Crippen LogP contribution in [0.2, 0.25) is 5.04 Å². The summed E-state index contributed by atoms with van der Waals surface area (Å²) in [6.45, 7) is 16.8. The molecule has 0 heterocycles. The number of rotatable bonds is 10. The highest BCUT2D eigenvalue weighted by molar-refractivity contribution is 7.16. The van der Waals surface area contributed by atoms with E-state index in [1.54, 1.807) is 0 Å². The van der Waals surface area contributed by atoms with Crippen molar-refractivity contribution >= 4 is 57.8 Å². The Kier molecular flexibility index (Phi) is 10.4. The van der Waals surface area contributed by atoms with Crippen molar-refractivity contribution in [1.29, 1.82) is 0 Å². The molecule has 266 valence electrons. The Balaban J connectivity index is 2.58. The van der Waals surface area contributed by atoms with Crippen molar-refractivity contribution in [3.05, 3.63) is 75.9 Å². The molecule has 0 aromatic heterocycles. The van der Waals surface area contributed by atoms with Gasteiger partial charge in [0, 0.05) is 124 Å². The van der Waals surface area contributed by atoms with Crippen LogP contribution in [0.3, 0.4) is 0 Å². The maximum atomic E-state index is 2.65. The molecule has 6 nitrogen and oxygen atoms in total. The van der Waals surface area contributed by atoms with E-state index in [9.17, 15) is 0 Å². The minimum absolute atomic E-state index is 0.291. The molecule has 1 unspecified atom stereocenters. The minimum atomic E-state index is -3.21. The number of nitrogens with zero attached hydrogens (tertiary/aromatic N) is 6. The second-order valence-electron chi connectivity index (χ2n) is 15.9. The molecule has 0 amide bonds. The second kappa shape index (κ2) is 13.5. The van der Waals surface area contributed by atoms with Gasteiger partial charge in [0.1, 0.15) is 0 Å². The smallest absolute Gasteiger partial charge is 0.170 e. The molecule has 7 heteroatoms. The molecule has 0 saturated heterocycles. The van der Waals surface area contributed by atoms with Gasteiger partial charge in [-0.15, -0.1) is 0 Å². The summed E-state index contributed by atoms with van der Waals surface area (Å²) in [5.74, 6) is 0. The average molecular weight is 681 g/mol. The van der Waals surface area contributed by atoms with E-state index in [4.69, 9.17) is 0 Å². The van der Waals surface area contributed by atoms with Gasteiger partial charge in [-0.3, -0.25) is 0 Å². The third kappa shape index (κ3) is 6.02. The van der Waals surface area contributed by atoms with E-state index in [1.165, 1.54) is 83.1 Å². The first kappa shape index (κ1) is 38.0. The maximum absolute atomic E-state index is 3.21. The molecule has 0 radical (unpaired) electrons.